The highest BCUT2D eigenvalue weighted by Crippen LogP contribution is 2.22. The first-order valence-corrected chi connectivity index (χ1v) is 3.90. The van der Waals surface area contributed by atoms with Gasteiger partial charge in [0.2, 0.25) is 0 Å². The summed E-state index contributed by atoms with van der Waals surface area (Å²) in [4.78, 5) is 0. The van der Waals surface area contributed by atoms with E-state index in [2.05, 4.69) is 0 Å². The normalized spacial score (nSPS) is 16.0. The van der Waals surface area contributed by atoms with Crippen molar-refractivity contribution in [3.8, 4) is 0 Å². The van der Waals surface area contributed by atoms with E-state index in [-0.39, 0.29) is 6.10 Å². The second-order valence-electron chi connectivity index (χ2n) is 2.90. The van der Waals surface area contributed by atoms with Crippen LogP contribution in [0.1, 0.15) is 24.2 Å². The molecule has 1 rings (SSSR count). The van der Waals surface area contributed by atoms with E-state index < -0.39 is 6.10 Å². The Balaban J connectivity index is 2.77. The lowest BCUT2D eigenvalue weighted by Gasteiger charge is -2.16. The number of methoxy groups -OCH3 is 1. The molecule has 0 bridgehead atoms. The van der Waals surface area contributed by atoms with Crippen molar-refractivity contribution in [2.24, 2.45) is 0 Å². The fraction of sp³-hybridized carbons (Fsp3) is 0.556. The molecule has 1 aromatic heterocycles. The van der Waals surface area contributed by atoms with Crippen LogP contribution in [0.5, 0.6) is 0 Å². The van der Waals surface area contributed by atoms with Gasteiger partial charge < -0.3 is 14.3 Å². The van der Waals surface area contributed by atoms with Gasteiger partial charge in [-0.2, -0.15) is 0 Å². The molecule has 1 N–H and O–H groups in total. The van der Waals surface area contributed by atoms with Crippen LogP contribution in [0.25, 0.3) is 0 Å². The van der Waals surface area contributed by atoms with Gasteiger partial charge in [0.25, 0.3) is 0 Å². The maximum Gasteiger partial charge on any atom is 0.108 e. The number of rotatable bonds is 3. The van der Waals surface area contributed by atoms with Crippen LogP contribution < -0.4 is 0 Å². The zero-order valence-corrected chi connectivity index (χ0v) is 7.57. The van der Waals surface area contributed by atoms with Gasteiger partial charge in [0.1, 0.15) is 6.10 Å². The first kappa shape index (κ1) is 9.29. The van der Waals surface area contributed by atoms with E-state index in [9.17, 15) is 5.11 Å². The Labute approximate surface area is 72.0 Å². The van der Waals surface area contributed by atoms with Crippen molar-refractivity contribution in [2.75, 3.05) is 7.11 Å². The SMILES string of the molecule is COC(C)C(O)c1cocc1C. The van der Waals surface area contributed by atoms with Gasteiger partial charge in [-0.3, -0.25) is 0 Å². The zero-order chi connectivity index (χ0) is 9.14. The summed E-state index contributed by atoms with van der Waals surface area (Å²) in [5, 5.41) is 9.67. The lowest BCUT2D eigenvalue weighted by Crippen LogP contribution is -2.16. The molecule has 2 unspecified atom stereocenters. The largest absolute Gasteiger partial charge is 0.472 e. The summed E-state index contributed by atoms with van der Waals surface area (Å²) in [6.07, 6.45) is 2.35. The summed E-state index contributed by atoms with van der Waals surface area (Å²) < 4.78 is 9.94. The minimum atomic E-state index is -0.603. The Bertz CT molecular complexity index is 242. The molecule has 2 atom stereocenters. The van der Waals surface area contributed by atoms with Crippen molar-refractivity contribution in [3.05, 3.63) is 23.7 Å². The molecule has 0 aliphatic rings. The molecule has 0 fully saturated rings. The van der Waals surface area contributed by atoms with Crippen LogP contribution in [0.4, 0.5) is 0 Å². The van der Waals surface area contributed by atoms with Crippen molar-refractivity contribution in [1.82, 2.24) is 0 Å². The van der Waals surface area contributed by atoms with Crippen LogP contribution in [0, 0.1) is 6.92 Å². The average molecular weight is 170 g/mol. The molecule has 3 nitrogen and oxygen atoms in total. The number of hydrogen-bond acceptors (Lipinski definition) is 3. The third-order valence-electron chi connectivity index (χ3n) is 2.03. The minimum absolute atomic E-state index is 0.207. The van der Waals surface area contributed by atoms with E-state index in [0.29, 0.717) is 0 Å². The van der Waals surface area contributed by atoms with E-state index >= 15 is 0 Å². The molecular formula is C9H14O3. The van der Waals surface area contributed by atoms with Crippen molar-refractivity contribution >= 4 is 0 Å². The lowest BCUT2D eigenvalue weighted by atomic mass is 10.1. The minimum Gasteiger partial charge on any atom is -0.472 e. The maximum atomic E-state index is 9.67. The number of aliphatic hydroxyl groups is 1. The van der Waals surface area contributed by atoms with Crippen molar-refractivity contribution in [1.29, 1.82) is 0 Å². The second-order valence-corrected chi connectivity index (χ2v) is 2.90. The van der Waals surface area contributed by atoms with E-state index in [1.807, 2.05) is 13.8 Å². The predicted octanol–water partition coefficient (Wildman–Crippen LogP) is 1.66. The van der Waals surface area contributed by atoms with Crippen LogP contribution in [0.2, 0.25) is 0 Å². The molecular weight excluding hydrogens is 156 g/mol. The zero-order valence-electron chi connectivity index (χ0n) is 7.57. The highest BCUT2D eigenvalue weighted by Gasteiger charge is 2.18. The van der Waals surface area contributed by atoms with Gasteiger partial charge >= 0.3 is 0 Å². The van der Waals surface area contributed by atoms with E-state index in [0.717, 1.165) is 11.1 Å². The lowest BCUT2D eigenvalue weighted by molar-refractivity contribution is -0.00196. The Morgan fingerprint density at radius 1 is 1.50 bits per heavy atom. The first-order valence-electron chi connectivity index (χ1n) is 3.90. The average Bonchev–Trinajstić information content (AvgIpc) is 2.48. The molecule has 0 saturated carbocycles. The van der Waals surface area contributed by atoms with Crippen LogP contribution in [0.3, 0.4) is 0 Å². The van der Waals surface area contributed by atoms with E-state index in [1.165, 1.54) is 0 Å². The Hall–Kier alpha value is -0.800. The Morgan fingerprint density at radius 2 is 2.17 bits per heavy atom. The molecule has 0 amide bonds. The van der Waals surface area contributed by atoms with Crippen LogP contribution in [-0.2, 0) is 4.74 Å². The van der Waals surface area contributed by atoms with Gasteiger partial charge in [0, 0.05) is 12.7 Å². The summed E-state index contributed by atoms with van der Waals surface area (Å²) in [7, 11) is 1.57. The molecule has 1 aromatic rings. The van der Waals surface area contributed by atoms with Gasteiger partial charge in [0.15, 0.2) is 0 Å². The van der Waals surface area contributed by atoms with Crippen molar-refractivity contribution in [2.45, 2.75) is 26.1 Å². The molecule has 12 heavy (non-hydrogen) atoms. The first-order chi connectivity index (χ1) is 5.66. The van der Waals surface area contributed by atoms with Gasteiger partial charge in [-0.1, -0.05) is 0 Å². The Kier molecular flexibility index (Phi) is 2.89. The fourth-order valence-corrected chi connectivity index (χ4v) is 1.06. The summed E-state index contributed by atoms with van der Waals surface area (Å²) >= 11 is 0. The van der Waals surface area contributed by atoms with Crippen molar-refractivity contribution in [3.63, 3.8) is 0 Å². The van der Waals surface area contributed by atoms with Crippen LogP contribution in [-0.4, -0.2) is 18.3 Å². The van der Waals surface area contributed by atoms with E-state index in [4.69, 9.17) is 9.15 Å². The number of aryl methyl sites for hydroxylation is 1. The smallest absolute Gasteiger partial charge is 0.108 e. The van der Waals surface area contributed by atoms with Crippen molar-refractivity contribution < 1.29 is 14.3 Å². The monoisotopic (exact) mass is 170 g/mol. The summed E-state index contributed by atoms with van der Waals surface area (Å²) in [5.41, 5.74) is 1.75. The quantitative estimate of drug-likeness (QED) is 0.750. The maximum absolute atomic E-state index is 9.67. The molecule has 0 aliphatic carbocycles. The molecule has 1 heterocycles. The van der Waals surface area contributed by atoms with Gasteiger partial charge in [-0.15, -0.1) is 0 Å². The third-order valence-corrected chi connectivity index (χ3v) is 2.03. The van der Waals surface area contributed by atoms with Crippen LogP contribution in [0.15, 0.2) is 16.9 Å². The predicted molar refractivity (Wildman–Crippen MR) is 44.9 cm³/mol. The van der Waals surface area contributed by atoms with Gasteiger partial charge in [0.05, 0.1) is 18.6 Å². The topological polar surface area (TPSA) is 42.6 Å². The number of hydrogen-bond donors (Lipinski definition) is 1. The van der Waals surface area contributed by atoms with Gasteiger partial charge in [-0.25, -0.2) is 0 Å². The molecule has 0 saturated heterocycles. The molecule has 0 aromatic carbocycles. The molecule has 0 radical (unpaired) electrons. The fourth-order valence-electron chi connectivity index (χ4n) is 1.06. The summed E-state index contributed by atoms with van der Waals surface area (Å²) in [6, 6.07) is 0. The standard InChI is InChI=1S/C9H14O3/c1-6-4-12-5-8(6)9(10)7(2)11-3/h4-5,7,9-10H,1-3H3. The highest BCUT2D eigenvalue weighted by atomic mass is 16.5. The summed E-state index contributed by atoms with van der Waals surface area (Å²) in [5.74, 6) is 0. The number of ether oxygens (including phenoxy) is 1. The molecule has 3 heteroatoms. The molecule has 0 spiro atoms. The highest BCUT2D eigenvalue weighted by molar-refractivity contribution is 5.22. The van der Waals surface area contributed by atoms with Crippen LogP contribution >= 0.6 is 0 Å². The Morgan fingerprint density at radius 3 is 2.58 bits per heavy atom. The second kappa shape index (κ2) is 3.74. The molecule has 0 aliphatic heterocycles. The molecule has 68 valence electrons. The van der Waals surface area contributed by atoms with Gasteiger partial charge in [-0.05, 0) is 19.4 Å². The third kappa shape index (κ3) is 1.68. The number of furan rings is 1. The number of aliphatic hydroxyl groups excluding tert-OH is 1. The van der Waals surface area contributed by atoms with E-state index in [1.54, 1.807) is 19.6 Å². The summed E-state index contributed by atoms with van der Waals surface area (Å²) in [6.45, 7) is 3.71.